The van der Waals surface area contributed by atoms with Gasteiger partial charge in [-0.05, 0) is 18.5 Å². The van der Waals surface area contributed by atoms with Crippen molar-refractivity contribution < 1.29 is 9.53 Å². The van der Waals surface area contributed by atoms with E-state index < -0.39 is 9.04 Å². The second-order valence-corrected chi connectivity index (χ2v) is 6.39. The standard InChI is InChI=1S/C13H17O2Si/c1-2-13(16-10-6-5-9-15-16)11-7-3-4-8-12(11)14/h2-4,7-8,13-14H,1,5-6,9-10H2. The lowest BCUT2D eigenvalue weighted by Crippen LogP contribution is -2.30. The van der Waals surface area contributed by atoms with Crippen LogP contribution in [0.1, 0.15) is 23.9 Å². The quantitative estimate of drug-likeness (QED) is 0.642. The predicted octanol–water partition coefficient (Wildman–Crippen LogP) is 3.00. The first-order chi connectivity index (χ1) is 7.83. The molecule has 0 aliphatic carbocycles. The van der Waals surface area contributed by atoms with E-state index in [2.05, 4.69) is 6.58 Å². The molecule has 2 nitrogen and oxygen atoms in total. The van der Waals surface area contributed by atoms with Gasteiger partial charge in [-0.1, -0.05) is 30.7 Å². The van der Waals surface area contributed by atoms with Crippen LogP contribution in [0.25, 0.3) is 0 Å². The molecule has 1 aromatic rings. The van der Waals surface area contributed by atoms with Crippen LogP contribution in [0.2, 0.25) is 6.04 Å². The third-order valence-electron chi connectivity index (χ3n) is 2.96. The van der Waals surface area contributed by atoms with Gasteiger partial charge in [0.25, 0.3) is 0 Å². The zero-order valence-electron chi connectivity index (χ0n) is 9.36. The van der Waals surface area contributed by atoms with E-state index in [1.165, 1.54) is 12.8 Å². The molecule has 3 heteroatoms. The highest BCUT2D eigenvalue weighted by molar-refractivity contribution is 6.54. The number of hydrogen-bond acceptors (Lipinski definition) is 2. The molecule has 85 valence electrons. The molecular weight excluding hydrogens is 216 g/mol. The third-order valence-corrected chi connectivity index (χ3v) is 5.62. The van der Waals surface area contributed by atoms with Crippen molar-refractivity contribution in [2.24, 2.45) is 0 Å². The van der Waals surface area contributed by atoms with E-state index in [0.29, 0.717) is 5.75 Å². The average molecular weight is 233 g/mol. The molecule has 1 N–H and O–H groups in total. The van der Waals surface area contributed by atoms with E-state index in [9.17, 15) is 5.11 Å². The molecule has 1 heterocycles. The smallest absolute Gasteiger partial charge is 0.223 e. The summed E-state index contributed by atoms with van der Waals surface area (Å²) in [5.74, 6) is 0.360. The number of rotatable bonds is 3. The monoisotopic (exact) mass is 233 g/mol. The highest BCUT2D eigenvalue weighted by Crippen LogP contribution is 2.32. The number of benzene rings is 1. The molecule has 1 aromatic carbocycles. The van der Waals surface area contributed by atoms with E-state index in [-0.39, 0.29) is 5.54 Å². The Morgan fingerprint density at radius 1 is 1.38 bits per heavy atom. The molecule has 1 aliphatic heterocycles. The van der Waals surface area contributed by atoms with Gasteiger partial charge in [-0.3, -0.25) is 0 Å². The molecule has 1 saturated heterocycles. The summed E-state index contributed by atoms with van der Waals surface area (Å²) in [5.41, 5.74) is 1.17. The minimum Gasteiger partial charge on any atom is -0.508 e. The third kappa shape index (κ3) is 2.36. The molecule has 0 bridgehead atoms. The summed E-state index contributed by atoms with van der Waals surface area (Å²) in [6.45, 7) is 4.76. The van der Waals surface area contributed by atoms with Crippen LogP contribution in [0.15, 0.2) is 36.9 Å². The Bertz CT molecular complexity index is 359. The Morgan fingerprint density at radius 3 is 2.81 bits per heavy atom. The lowest BCUT2D eigenvalue weighted by Gasteiger charge is -2.26. The first-order valence-corrected chi connectivity index (χ1v) is 7.41. The molecule has 0 aromatic heterocycles. The Labute approximate surface area is 98.3 Å². The molecule has 2 rings (SSSR count). The Kier molecular flexibility index (Phi) is 3.80. The molecular formula is C13H17O2Si. The molecule has 0 saturated carbocycles. The highest BCUT2D eigenvalue weighted by atomic mass is 28.3. The van der Waals surface area contributed by atoms with Crippen LogP contribution in [0, 0.1) is 0 Å². The van der Waals surface area contributed by atoms with Crippen LogP contribution in [0.3, 0.4) is 0 Å². The highest BCUT2D eigenvalue weighted by Gasteiger charge is 2.28. The maximum absolute atomic E-state index is 9.86. The number of phenols is 1. The van der Waals surface area contributed by atoms with Crippen molar-refractivity contribution in [3.63, 3.8) is 0 Å². The second kappa shape index (κ2) is 5.32. The molecule has 0 amide bonds. The van der Waals surface area contributed by atoms with Gasteiger partial charge in [0.2, 0.25) is 9.04 Å². The van der Waals surface area contributed by atoms with Crippen molar-refractivity contribution in [3.8, 4) is 5.75 Å². The Hall–Kier alpha value is -1.06. The number of allylic oxidation sites excluding steroid dienone is 1. The summed E-state index contributed by atoms with van der Waals surface area (Å²) in [6, 6.07) is 8.65. The molecule has 16 heavy (non-hydrogen) atoms. The maximum Gasteiger partial charge on any atom is 0.223 e. The largest absolute Gasteiger partial charge is 0.508 e. The van der Waals surface area contributed by atoms with Gasteiger partial charge in [-0.2, -0.15) is 0 Å². The van der Waals surface area contributed by atoms with Crippen LogP contribution >= 0.6 is 0 Å². The summed E-state index contributed by atoms with van der Waals surface area (Å²) in [6.07, 6.45) is 4.33. The van der Waals surface area contributed by atoms with E-state index >= 15 is 0 Å². The summed E-state index contributed by atoms with van der Waals surface area (Å²) in [5, 5.41) is 9.86. The summed E-state index contributed by atoms with van der Waals surface area (Å²) in [7, 11) is -0.890. The van der Waals surface area contributed by atoms with Gasteiger partial charge in [-0.15, -0.1) is 6.58 Å². The fourth-order valence-corrected chi connectivity index (χ4v) is 4.60. The molecule has 0 spiro atoms. The molecule has 1 fully saturated rings. The van der Waals surface area contributed by atoms with Crippen molar-refractivity contribution in [2.75, 3.05) is 6.61 Å². The van der Waals surface area contributed by atoms with Gasteiger partial charge in [-0.25, -0.2) is 0 Å². The SMILES string of the molecule is C=CC(c1ccccc1O)[Si]1CCCCO1. The lowest BCUT2D eigenvalue weighted by atomic mass is 10.1. The maximum atomic E-state index is 9.86. The number of hydrogen-bond donors (Lipinski definition) is 1. The minimum absolute atomic E-state index is 0.200. The van der Waals surface area contributed by atoms with E-state index in [4.69, 9.17) is 4.43 Å². The zero-order chi connectivity index (χ0) is 11.4. The van der Waals surface area contributed by atoms with Crippen molar-refractivity contribution in [1.29, 1.82) is 0 Å². The molecule has 1 atom stereocenters. The van der Waals surface area contributed by atoms with Gasteiger partial charge in [0.15, 0.2) is 0 Å². The summed E-state index contributed by atoms with van der Waals surface area (Å²) >= 11 is 0. The van der Waals surface area contributed by atoms with E-state index in [1.54, 1.807) is 6.07 Å². The van der Waals surface area contributed by atoms with Crippen molar-refractivity contribution >= 4 is 9.04 Å². The zero-order valence-corrected chi connectivity index (χ0v) is 10.4. The van der Waals surface area contributed by atoms with Crippen molar-refractivity contribution in [3.05, 3.63) is 42.5 Å². The van der Waals surface area contributed by atoms with Gasteiger partial charge in [0.05, 0.1) is 0 Å². The van der Waals surface area contributed by atoms with Gasteiger partial charge < -0.3 is 9.53 Å². The van der Waals surface area contributed by atoms with Crippen LogP contribution in [-0.4, -0.2) is 20.8 Å². The van der Waals surface area contributed by atoms with Gasteiger partial charge in [0.1, 0.15) is 5.75 Å². The van der Waals surface area contributed by atoms with Gasteiger partial charge >= 0.3 is 0 Å². The van der Waals surface area contributed by atoms with Crippen LogP contribution in [0.4, 0.5) is 0 Å². The fourth-order valence-electron chi connectivity index (χ4n) is 2.10. The number of aromatic hydroxyl groups is 1. The summed E-state index contributed by atoms with van der Waals surface area (Å²) < 4.78 is 5.86. The second-order valence-electron chi connectivity index (χ2n) is 4.04. The normalized spacial score (nSPS) is 19.2. The van der Waals surface area contributed by atoms with Crippen LogP contribution in [-0.2, 0) is 4.43 Å². The fraction of sp³-hybridized carbons (Fsp3) is 0.385. The topological polar surface area (TPSA) is 29.5 Å². The summed E-state index contributed by atoms with van der Waals surface area (Å²) in [4.78, 5) is 0. The number of phenolic OH excluding ortho intramolecular Hbond substituents is 1. The number of para-hydroxylation sites is 1. The van der Waals surface area contributed by atoms with Crippen LogP contribution in [0.5, 0.6) is 5.75 Å². The van der Waals surface area contributed by atoms with E-state index in [0.717, 1.165) is 18.2 Å². The molecule has 1 radical (unpaired) electrons. The first-order valence-electron chi connectivity index (χ1n) is 5.72. The Balaban J connectivity index is 2.21. The van der Waals surface area contributed by atoms with Crippen molar-refractivity contribution in [1.82, 2.24) is 0 Å². The van der Waals surface area contributed by atoms with Crippen molar-refractivity contribution in [2.45, 2.75) is 24.4 Å². The minimum atomic E-state index is -0.890. The lowest BCUT2D eigenvalue weighted by molar-refractivity contribution is 0.283. The first kappa shape index (κ1) is 11.4. The predicted molar refractivity (Wildman–Crippen MR) is 66.8 cm³/mol. The molecule has 1 aliphatic rings. The Morgan fingerprint density at radius 2 is 2.19 bits per heavy atom. The van der Waals surface area contributed by atoms with E-state index in [1.807, 2.05) is 24.3 Å². The van der Waals surface area contributed by atoms with Crippen LogP contribution < -0.4 is 0 Å². The van der Waals surface area contributed by atoms with Gasteiger partial charge in [0, 0.05) is 17.7 Å². The average Bonchev–Trinajstić information content (AvgIpc) is 2.34. The molecule has 1 unspecified atom stereocenters.